The number of pyridine rings is 1. The third-order valence-corrected chi connectivity index (χ3v) is 2.90. The number of carbonyl (C=O) groups is 1. The summed E-state index contributed by atoms with van der Waals surface area (Å²) in [5.74, 6) is 0.400. The molecular formula is C16H13N3O2. The van der Waals surface area contributed by atoms with Crippen LogP contribution in [0.25, 0.3) is 17.2 Å². The zero-order valence-corrected chi connectivity index (χ0v) is 11.4. The van der Waals surface area contributed by atoms with Gasteiger partial charge in [-0.3, -0.25) is 9.78 Å². The lowest BCUT2D eigenvalue weighted by atomic mass is 10.2. The first-order valence-electron chi connectivity index (χ1n) is 6.47. The number of fused-ring (bicyclic) bond motifs is 1. The van der Waals surface area contributed by atoms with Crippen LogP contribution in [-0.2, 0) is 4.79 Å². The Morgan fingerprint density at radius 2 is 2.05 bits per heavy atom. The smallest absolute Gasteiger partial charge is 0.248 e. The van der Waals surface area contributed by atoms with Crippen LogP contribution in [0.1, 0.15) is 11.5 Å². The first kappa shape index (κ1) is 13.1. The van der Waals surface area contributed by atoms with Gasteiger partial charge in [0.15, 0.2) is 11.5 Å². The summed E-state index contributed by atoms with van der Waals surface area (Å²) in [4.78, 5) is 20.0. The molecule has 0 atom stereocenters. The molecule has 0 bridgehead atoms. The fourth-order valence-corrected chi connectivity index (χ4v) is 1.95. The molecular weight excluding hydrogens is 266 g/mol. The zero-order chi connectivity index (χ0) is 14.7. The number of rotatable bonds is 3. The molecule has 0 aliphatic carbocycles. The van der Waals surface area contributed by atoms with Crippen molar-refractivity contribution in [3.8, 4) is 0 Å². The van der Waals surface area contributed by atoms with Crippen molar-refractivity contribution in [2.24, 2.45) is 0 Å². The van der Waals surface area contributed by atoms with Gasteiger partial charge in [0.05, 0.1) is 0 Å². The Bertz CT molecular complexity index is 807. The molecule has 2 heterocycles. The predicted molar refractivity (Wildman–Crippen MR) is 80.6 cm³/mol. The van der Waals surface area contributed by atoms with E-state index in [1.54, 1.807) is 43.6 Å². The van der Waals surface area contributed by atoms with Crippen molar-refractivity contribution in [1.82, 2.24) is 9.97 Å². The van der Waals surface area contributed by atoms with Gasteiger partial charge in [0, 0.05) is 31.1 Å². The van der Waals surface area contributed by atoms with Gasteiger partial charge in [-0.2, -0.15) is 0 Å². The summed E-state index contributed by atoms with van der Waals surface area (Å²) < 4.78 is 5.39. The molecule has 3 rings (SSSR count). The number of nitrogens with zero attached hydrogens (tertiary/aromatic N) is 2. The van der Waals surface area contributed by atoms with Gasteiger partial charge in [-0.25, -0.2) is 4.98 Å². The Morgan fingerprint density at radius 1 is 1.24 bits per heavy atom. The van der Waals surface area contributed by atoms with Crippen LogP contribution in [0.4, 0.5) is 5.69 Å². The highest BCUT2D eigenvalue weighted by Crippen LogP contribution is 2.19. The largest absolute Gasteiger partial charge is 0.441 e. The minimum absolute atomic E-state index is 0.202. The molecule has 0 fully saturated rings. The Labute approximate surface area is 121 Å². The van der Waals surface area contributed by atoms with Crippen molar-refractivity contribution in [3.05, 3.63) is 60.3 Å². The van der Waals surface area contributed by atoms with Gasteiger partial charge in [-0.05, 0) is 42.0 Å². The summed E-state index contributed by atoms with van der Waals surface area (Å²) in [7, 11) is 0. The van der Waals surface area contributed by atoms with Crippen LogP contribution in [0, 0.1) is 6.92 Å². The summed E-state index contributed by atoms with van der Waals surface area (Å²) in [6.45, 7) is 1.79. The molecule has 1 aromatic carbocycles. The number of hydrogen-bond acceptors (Lipinski definition) is 4. The zero-order valence-electron chi connectivity index (χ0n) is 11.4. The van der Waals surface area contributed by atoms with E-state index in [1.165, 1.54) is 6.08 Å². The van der Waals surface area contributed by atoms with Crippen molar-refractivity contribution in [2.75, 3.05) is 5.32 Å². The second-order valence-corrected chi connectivity index (χ2v) is 4.52. The van der Waals surface area contributed by atoms with E-state index in [0.717, 1.165) is 11.1 Å². The molecule has 0 spiro atoms. The molecule has 0 unspecified atom stereocenters. The summed E-state index contributed by atoms with van der Waals surface area (Å²) in [6, 6.07) is 9.01. The molecule has 0 saturated carbocycles. The average Bonchev–Trinajstić information content (AvgIpc) is 2.85. The Balaban J connectivity index is 1.72. The van der Waals surface area contributed by atoms with Gasteiger partial charge < -0.3 is 9.73 Å². The number of aryl methyl sites for hydroxylation is 1. The first-order chi connectivity index (χ1) is 10.2. The first-order valence-corrected chi connectivity index (χ1v) is 6.47. The number of amides is 1. The van der Waals surface area contributed by atoms with Crippen LogP contribution in [0.15, 0.2) is 53.2 Å². The Kier molecular flexibility index (Phi) is 3.47. The van der Waals surface area contributed by atoms with Gasteiger partial charge in [-0.1, -0.05) is 0 Å². The third kappa shape index (κ3) is 3.14. The normalized spacial score (nSPS) is 11.1. The average molecular weight is 279 g/mol. The number of oxazole rings is 1. The number of carbonyl (C=O) groups excluding carboxylic acids is 1. The highest BCUT2D eigenvalue weighted by atomic mass is 16.3. The second kappa shape index (κ2) is 5.58. The SMILES string of the molecule is Cc1nc2cc(NC(=O)/C=C/c3ccncc3)ccc2o1. The summed E-state index contributed by atoms with van der Waals surface area (Å²) in [6.07, 6.45) is 6.57. The van der Waals surface area contributed by atoms with E-state index in [2.05, 4.69) is 15.3 Å². The lowest BCUT2D eigenvalue weighted by Gasteiger charge is -2.01. The summed E-state index contributed by atoms with van der Waals surface area (Å²) in [5.41, 5.74) is 3.03. The minimum atomic E-state index is -0.202. The molecule has 0 aliphatic rings. The van der Waals surface area contributed by atoms with Gasteiger partial charge in [0.2, 0.25) is 5.91 Å². The number of benzene rings is 1. The standard InChI is InChI=1S/C16H13N3O2/c1-11-18-14-10-13(3-4-15(14)21-11)19-16(20)5-2-12-6-8-17-9-7-12/h2-10H,1H3,(H,19,20)/b5-2+. The molecule has 0 saturated heterocycles. The maximum atomic E-state index is 11.9. The van der Waals surface area contributed by atoms with Crippen molar-refractivity contribution in [2.45, 2.75) is 6.92 Å². The van der Waals surface area contributed by atoms with Gasteiger partial charge in [0.1, 0.15) is 5.52 Å². The van der Waals surface area contributed by atoms with E-state index in [4.69, 9.17) is 4.42 Å². The molecule has 0 radical (unpaired) electrons. The fourth-order valence-electron chi connectivity index (χ4n) is 1.95. The van der Waals surface area contributed by atoms with E-state index in [-0.39, 0.29) is 5.91 Å². The van der Waals surface area contributed by atoms with E-state index in [1.807, 2.05) is 12.1 Å². The molecule has 0 aliphatic heterocycles. The van der Waals surface area contributed by atoms with Crippen molar-refractivity contribution in [3.63, 3.8) is 0 Å². The van der Waals surface area contributed by atoms with Gasteiger partial charge in [0.25, 0.3) is 0 Å². The van der Waals surface area contributed by atoms with E-state index in [9.17, 15) is 4.79 Å². The topological polar surface area (TPSA) is 68.0 Å². The monoisotopic (exact) mass is 279 g/mol. The lowest BCUT2D eigenvalue weighted by molar-refractivity contribution is -0.111. The number of hydrogen-bond donors (Lipinski definition) is 1. The molecule has 5 nitrogen and oxygen atoms in total. The maximum Gasteiger partial charge on any atom is 0.248 e. The number of aromatic nitrogens is 2. The Hall–Kier alpha value is -2.95. The van der Waals surface area contributed by atoms with Crippen LogP contribution in [-0.4, -0.2) is 15.9 Å². The van der Waals surface area contributed by atoms with E-state index in [0.29, 0.717) is 17.2 Å². The summed E-state index contributed by atoms with van der Waals surface area (Å²) >= 11 is 0. The highest BCUT2D eigenvalue weighted by molar-refractivity contribution is 6.02. The van der Waals surface area contributed by atoms with E-state index >= 15 is 0 Å². The molecule has 1 N–H and O–H groups in total. The molecule has 3 aromatic rings. The van der Waals surface area contributed by atoms with E-state index < -0.39 is 0 Å². The molecule has 2 aromatic heterocycles. The fraction of sp³-hybridized carbons (Fsp3) is 0.0625. The maximum absolute atomic E-state index is 11.9. The second-order valence-electron chi connectivity index (χ2n) is 4.52. The predicted octanol–water partition coefficient (Wildman–Crippen LogP) is 3.18. The molecule has 1 amide bonds. The molecule has 104 valence electrons. The minimum Gasteiger partial charge on any atom is -0.441 e. The third-order valence-electron chi connectivity index (χ3n) is 2.90. The van der Waals surface area contributed by atoms with Crippen LogP contribution in [0.5, 0.6) is 0 Å². The van der Waals surface area contributed by atoms with Crippen molar-refractivity contribution >= 4 is 28.8 Å². The van der Waals surface area contributed by atoms with Gasteiger partial charge >= 0.3 is 0 Å². The number of anilines is 1. The van der Waals surface area contributed by atoms with Crippen molar-refractivity contribution in [1.29, 1.82) is 0 Å². The molecule has 21 heavy (non-hydrogen) atoms. The van der Waals surface area contributed by atoms with Gasteiger partial charge in [-0.15, -0.1) is 0 Å². The lowest BCUT2D eigenvalue weighted by Crippen LogP contribution is -2.07. The molecule has 5 heteroatoms. The Morgan fingerprint density at radius 3 is 2.86 bits per heavy atom. The summed E-state index contributed by atoms with van der Waals surface area (Å²) in [5, 5.41) is 2.79. The van der Waals surface area contributed by atoms with Crippen LogP contribution < -0.4 is 5.32 Å². The quantitative estimate of drug-likeness (QED) is 0.748. The van der Waals surface area contributed by atoms with Crippen LogP contribution >= 0.6 is 0 Å². The number of nitrogens with one attached hydrogen (secondary N) is 1. The highest BCUT2D eigenvalue weighted by Gasteiger charge is 2.04. The van der Waals surface area contributed by atoms with Crippen molar-refractivity contribution < 1.29 is 9.21 Å². The van der Waals surface area contributed by atoms with Crippen LogP contribution in [0.3, 0.4) is 0 Å². The van der Waals surface area contributed by atoms with Crippen LogP contribution in [0.2, 0.25) is 0 Å².